The van der Waals surface area contributed by atoms with E-state index in [0.29, 0.717) is 6.54 Å². The molecule has 3 nitrogen and oxygen atoms in total. The van der Waals surface area contributed by atoms with Gasteiger partial charge in [-0.3, -0.25) is 4.79 Å². The third-order valence-corrected chi connectivity index (χ3v) is 3.25. The van der Waals surface area contributed by atoms with Gasteiger partial charge in [-0.05, 0) is 31.0 Å². The van der Waals surface area contributed by atoms with E-state index in [9.17, 15) is 4.79 Å². The molecule has 0 saturated carbocycles. The third kappa shape index (κ3) is 4.11. The fourth-order valence-electron chi connectivity index (χ4n) is 1.47. The summed E-state index contributed by atoms with van der Waals surface area (Å²) in [4.78, 5) is 12.2. The van der Waals surface area contributed by atoms with Gasteiger partial charge in [-0.15, -0.1) is 0 Å². The van der Waals surface area contributed by atoms with Crippen molar-refractivity contribution in [1.29, 1.82) is 0 Å². The van der Waals surface area contributed by atoms with Crippen molar-refractivity contribution in [2.24, 2.45) is 11.1 Å². The number of hydrogen-bond acceptors (Lipinski definition) is 2. The molecule has 1 aromatic carbocycles. The zero-order valence-electron chi connectivity index (χ0n) is 12.1. The van der Waals surface area contributed by atoms with E-state index in [4.69, 9.17) is 5.73 Å². The number of aryl methyl sites for hydroxylation is 1. The SMILES string of the molecule is CCC(C)(C)C(=O)Nc1ccc(C)cc1C#CCN. The van der Waals surface area contributed by atoms with E-state index in [1.54, 1.807) is 0 Å². The molecule has 0 bridgehead atoms. The Morgan fingerprint density at radius 3 is 2.68 bits per heavy atom. The molecule has 0 radical (unpaired) electrons. The molecule has 3 N–H and O–H groups in total. The van der Waals surface area contributed by atoms with Crippen LogP contribution >= 0.6 is 0 Å². The summed E-state index contributed by atoms with van der Waals surface area (Å²) in [7, 11) is 0. The maximum atomic E-state index is 12.2. The van der Waals surface area contributed by atoms with E-state index in [2.05, 4.69) is 17.2 Å². The zero-order valence-corrected chi connectivity index (χ0v) is 12.1. The van der Waals surface area contributed by atoms with E-state index in [1.807, 2.05) is 45.9 Å². The standard InChI is InChI=1S/C16H22N2O/c1-5-16(3,4)15(19)18-14-9-8-12(2)11-13(14)7-6-10-17/h8-9,11H,5,10,17H2,1-4H3,(H,18,19). The highest BCUT2D eigenvalue weighted by atomic mass is 16.2. The third-order valence-electron chi connectivity index (χ3n) is 3.25. The fourth-order valence-corrected chi connectivity index (χ4v) is 1.47. The lowest BCUT2D eigenvalue weighted by atomic mass is 9.89. The maximum absolute atomic E-state index is 12.2. The summed E-state index contributed by atoms with van der Waals surface area (Å²) in [6, 6.07) is 5.80. The van der Waals surface area contributed by atoms with Crippen molar-refractivity contribution in [1.82, 2.24) is 0 Å². The van der Waals surface area contributed by atoms with Gasteiger partial charge in [0.05, 0.1) is 12.2 Å². The first kappa shape index (κ1) is 15.3. The first-order valence-corrected chi connectivity index (χ1v) is 6.51. The van der Waals surface area contributed by atoms with Gasteiger partial charge < -0.3 is 11.1 Å². The van der Waals surface area contributed by atoms with Crippen LogP contribution in [0.3, 0.4) is 0 Å². The number of carbonyl (C=O) groups is 1. The van der Waals surface area contributed by atoms with Crippen LogP contribution in [0.1, 0.15) is 38.3 Å². The van der Waals surface area contributed by atoms with Gasteiger partial charge in [-0.1, -0.05) is 38.7 Å². The summed E-state index contributed by atoms with van der Waals surface area (Å²) < 4.78 is 0. The summed E-state index contributed by atoms with van der Waals surface area (Å²) in [5.74, 6) is 5.83. The van der Waals surface area contributed by atoms with Crippen molar-refractivity contribution >= 4 is 11.6 Å². The molecule has 1 rings (SSSR count). The highest BCUT2D eigenvalue weighted by Gasteiger charge is 2.25. The van der Waals surface area contributed by atoms with Crippen LogP contribution in [0.15, 0.2) is 18.2 Å². The minimum atomic E-state index is -0.385. The average molecular weight is 258 g/mol. The Bertz CT molecular complexity index is 521. The van der Waals surface area contributed by atoms with Gasteiger partial charge in [0.25, 0.3) is 0 Å². The monoisotopic (exact) mass is 258 g/mol. The van der Waals surface area contributed by atoms with Gasteiger partial charge >= 0.3 is 0 Å². The smallest absolute Gasteiger partial charge is 0.230 e. The lowest BCUT2D eigenvalue weighted by Gasteiger charge is -2.22. The summed E-state index contributed by atoms with van der Waals surface area (Å²) in [6.07, 6.45) is 0.786. The predicted molar refractivity (Wildman–Crippen MR) is 79.8 cm³/mol. The number of benzene rings is 1. The predicted octanol–water partition coefficient (Wildman–Crippen LogP) is 2.68. The van der Waals surface area contributed by atoms with Gasteiger partial charge in [0, 0.05) is 11.0 Å². The van der Waals surface area contributed by atoms with Crippen LogP contribution < -0.4 is 11.1 Å². The molecular weight excluding hydrogens is 236 g/mol. The van der Waals surface area contributed by atoms with Crippen molar-refractivity contribution in [3.05, 3.63) is 29.3 Å². The van der Waals surface area contributed by atoms with E-state index in [1.165, 1.54) is 0 Å². The first-order valence-electron chi connectivity index (χ1n) is 6.51. The number of amides is 1. The topological polar surface area (TPSA) is 55.1 Å². The minimum absolute atomic E-state index is 0.00894. The van der Waals surface area contributed by atoms with Crippen molar-refractivity contribution in [2.45, 2.75) is 34.1 Å². The maximum Gasteiger partial charge on any atom is 0.230 e. The number of carbonyl (C=O) groups excluding carboxylic acids is 1. The van der Waals surface area contributed by atoms with Gasteiger partial charge in [-0.2, -0.15) is 0 Å². The molecule has 1 aromatic rings. The molecule has 0 saturated heterocycles. The minimum Gasteiger partial charge on any atom is -0.324 e. The summed E-state index contributed by atoms with van der Waals surface area (Å²) in [5.41, 5.74) is 7.67. The number of hydrogen-bond donors (Lipinski definition) is 2. The van der Waals surface area contributed by atoms with E-state index in [0.717, 1.165) is 23.2 Å². The summed E-state index contributed by atoms with van der Waals surface area (Å²) in [5, 5.41) is 2.96. The second kappa shape index (κ2) is 6.40. The Balaban J connectivity index is 3.04. The van der Waals surface area contributed by atoms with Crippen LogP contribution in [0.5, 0.6) is 0 Å². The molecule has 0 atom stereocenters. The molecule has 0 heterocycles. The highest BCUT2D eigenvalue weighted by molar-refractivity contribution is 5.96. The molecule has 0 aliphatic heterocycles. The normalized spacial score (nSPS) is 10.6. The van der Waals surface area contributed by atoms with Crippen molar-refractivity contribution in [3.63, 3.8) is 0 Å². The van der Waals surface area contributed by atoms with Crippen LogP contribution in [0.25, 0.3) is 0 Å². The second-order valence-electron chi connectivity index (χ2n) is 5.25. The molecule has 0 aliphatic carbocycles. The van der Waals surface area contributed by atoms with E-state index in [-0.39, 0.29) is 11.3 Å². The Labute approximate surface area is 115 Å². The van der Waals surface area contributed by atoms with Gasteiger partial charge in [0.1, 0.15) is 0 Å². The van der Waals surface area contributed by atoms with Crippen molar-refractivity contribution in [3.8, 4) is 11.8 Å². The number of nitrogens with one attached hydrogen (secondary N) is 1. The van der Waals surface area contributed by atoms with Crippen LogP contribution in [-0.2, 0) is 4.79 Å². The van der Waals surface area contributed by atoms with Crippen LogP contribution in [0, 0.1) is 24.2 Å². The van der Waals surface area contributed by atoms with Crippen LogP contribution in [0.2, 0.25) is 0 Å². The molecule has 1 amide bonds. The molecule has 102 valence electrons. The molecule has 0 spiro atoms. The van der Waals surface area contributed by atoms with Crippen LogP contribution in [-0.4, -0.2) is 12.5 Å². The lowest BCUT2D eigenvalue weighted by Crippen LogP contribution is -2.30. The van der Waals surface area contributed by atoms with Crippen LogP contribution in [0.4, 0.5) is 5.69 Å². The summed E-state index contributed by atoms with van der Waals surface area (Å²) >= 11 is 0. The van der Waals surface area contributed by atoms with Crippen molar-refractivity contribution < 1.29 is 4.79 Å². The Kier molecular flexibility index (Phi) is 5.14. The number of rotatable bonds is 3. The fraction of sp³-hybridized carbons (Fsp3) is 0.438. The Morgan fingerprint density at radius 1 is 1.42 bits per heavy atom. The Morgan fingerprint density at radius 2 is 2.11 bits per heavy atom. The lowest BCUT2D eigenvalue weighted by molar-refractivity contribution is -0.124. The molecule has 0 fully saturated rings. The Hall–Kier alpha value is -1.79. The molecular formula is C16H22N2O. The van der Waals surface area contributed by atoms with Gasteiger partial charge in [0.2, 0.25) is 5.91 Å². The van der Waals surface area contributed by atoms with E-state index < -0.39 is 0 Å². The van der Waals surface area contributed by atoms with E-state index >= 15 is 0 Å². The number of nitrogens with two attached hydrogens (primary N) is 1. The molecule has 19 heavy (non-hydrogen) atoms. The molecule has 0 aromatic heterocycles. The molecule has 3 heteroatoms. The van der Waals surface area contributed by atoms with Gasteiger partial charge in [0.15, 0.2) is 0 Å². The second-order valence-corrected chi connectivity index (χ2v) is 5.25. The van der Waals surface area contributed by atoms with Crippen molar-refractivity contribution in [2.75, 3.05) is 11.9 Å². The molecule has 0 unspecified atom stereocenters. The number of anilines is 1. The summed E-state index contributed by atoms with van der Waals surface area (Å²) in [6.45, 7) is 8.17. The van der Waals surface area contributed by atoms with Gasteiger partial charge in [-0.25, -0.2) is 0 Å². The average Bonchev–Trinajstić information content (AvgIpc) is 2.38. The molecule has 0 aliphatic rings. The quantitative estimate of drug-likeness (QED) is 0.819. The zero-order chi connectivity index (χ0) is 14.5. The largest absolute Gasteiger partial charge is 0.324 e. The highest BCUT2D eigenvalue weighted by Crippen LogP contribution is 2.24. The first-order chi connectivity index (χ1) is 8.90.